The number of aromatic amines is 1. The number of nitrogens with one attached hydrogen (secondary N) is 2. The second-order valence-corrected chi connectivity index (χ2v) is 3.69. The molecule has 0 aliphatic heterocycles. The number of aromatic nitrogens is 2. The van der Waals surface area contributed by atoms with Crippen LogP contribution >= 0.6 is 0 Å². The monoisotopic (exact) mass is 259 g/mol. The predicted molar refractivity (Wildman–Crippen MR) is 69.3 cm³/mol. The zero-order valence-corrected chi connectivity index (χ0v) is 10.3. The van der Waals surface area contributed by atoms with Crippen LogP contribution in [-0.4, -0.2) is 28.5 Å². The number of anilines is 1. The first kappa shape index (κ1) is 12.8. The summed E-state index contributed by atoms with van der Waals surface area (Å²) < 4.78 is 4.61. The predicted octanol–water partition coefficient (Wildman–Crippen LogP) is 1.58. The van der Waals surface area contributed by atoms with Gasteiger partial charge in [-0.1, -0.05) is 12.1 Å². The molecule has 0 unspecified atom stereocenters. The summed E-state index contributed by atoms with van der Waals surface area (Å²) >= 11 is 0. The second-order valence-electron chi connectivity index (χ2n) is 3.69. The van der Waals surface area contributed by atoms with E-state index in [0.717, 1.165) is 5.56 Å². The Morgan fingerprint density at radius 2 is 2.26 bits per heavy atom. The lowest BCUT2D eigenvalue weighted by molar-refractivity contribution is -0.152. The maximum Gasteiger partial charge on any atom is 0.397 e. The fraction of sp³-hybridized carbons (Fsp3) is 0.154. The van der Waals surface area contributed by atoms with Crippen LogP contribution in [0.3, 0.4) is 0 Å². The number of ether oxygens (including phenoxy) is 1. The standard InChI is InChI=1S/C13H13N3O3/c1-2-19-13(18)12(17)16-10-5-3-4-9(8-10)11-14-6-7-15-11/h3-8H,2H2,1H3,(H,14,15)(H,16,17). The summed E-state index contributed by atoms with van der Waals surface area (Å²) in [6.45, 7) is 1.81. The van der Waals surface area contributed by atoms with Gasteiger partial charge in [0.05, 0.1) is 6.61 Å². The summed E-state index contributed by atoms with van der Waals surface area (Å²) in [6.07, 6.45) is 3.35. The zero-order chi connectivity index (χ0) is 13.7. The fourth-order valence-electron chi connectivity index (χ4n) is 1.55. The van der Waals surface area contributed by atoms with Crippen molar-refractivity contribution < 1.29 is 14.3 Å². The van der Waals surface area contributed by atoms with Crippen molar-refractivity contribution in [1.82, 2.24) is 9.97 Å². The van der Waals surface area contributed by atoms with Crippen molar-refractivity contribution in [3.63, 3.8) is 0 Å². The molecule has 6 nitrogen and oxygen atoms in total. The molecule has 2 rings (SSSR count). The molecule has 0 bridgehead atoms. The molecule has 1 aromatic heterocycles. The molecule has 1 heterocycles. The summed E-state index contributed by atoms with van der Waals surface area (Å²) in [5.41, 5.74) is 1.32. The molecule has 0 saturated heterocycles. The first-order valence-electron chi connectivity index (χ1n) is 5.78. The van der Waals surface area contributed by atoms with Crippen molar-refractivity contribution in [3.05, 3.63) is 36.7 Å². The minimum absolute atomic E-state index is 0.165. The lowest BCUT2D eigenvalue weighted by Gasteiger charge is -2.05. The van der Waals surface area contributed by atoms with Crippen LogP contribution in [0.4, 0.5) is 5.69 Å². The Balaban J connectivity index is 2.12. The van der Waals surface area contributed by atoms with Gasteiger partial charge in [-0.2, -0.15) is 0 Å². The van der Waals surface area contributed by atoms with Crippen molar-refractivity contribution >= 4 is 17.6 Å². The second kappa shape index (κ2) is 5.81. The van der Waals surface area contributed by atoms with Crippen LogP contribution in [0.1, 0.15) is 6.92 Å². The molecule has 0 saturated carbocycles. The number of imidazole rings is 1. The largest absolute Gasteiger partial charge is 0.459 e. The Morgan fingerprint density at radius 1 is 1.42 bits per heavy atom. The maximum atomic E-state index is 11.5. The molecule has 98 valence electrons. The van der Waals surface area contributed by atoms with Crippen molar-refractivity contribution in [1.29, 1.82) is 0 Å². The lowest BCUT2D eigenvalue weighted by atomic mass is 10.2. The molecule has 2 N–H and O–H groups in total. The number of nitrogens with zero attached hydrogens (tertiary/aromatic N) is 1. The molecule has 0 fully saturated rings. The number of H-pyrrole nitrogens is 1. The Morgan fingerprint density at radius 3 is 2.95 bits per heavy atom. The summed E-state index contributed by atoms with van der Waals surface area (Å²) in [5.74, 6) is -1.00. The Bertz CT molecular complexity index is 579. The number of amides is 1. The zero-order valence-electron chi connectivity index (χ0n) is 10.3. The van der Waals surface area contributed by atoms with Gasteiger partial charge in [0.2, 0.25) is 0 Å². The highest BCUT2D eigenvalue weighted by Crippen LogP contribution is 2.18. The molecule has 1 aromatic carbocycles. The molecule has 0 radical (unpaired) electrons. The van der Waals surface area contributed by atoms with Crippen LogP contribution in [0.15, 0.2) is 36.7 Å². The third kappa shape index (κ3) is 3.19. The average Bonchev–Trinajstić information content (AvgIpc) is 2.93. The molecule has 0 spiro atoms. The molecule has 0 aliphatic carbocycles. The molecular weight excluding hydrogens is 246 g/mol. The van der Waals surface area contributed by atoms with Crippen molar-refractivity contribution in [2.75, 3.05) is 11.9 Å². The van der Waals surface area contributed by atoms with E-state index in [9.17, 15) is 9.59 Å². The summed E-state index contributed by atoms with van der Waals surface area (Å²) in [6, 6.07) is 7.01. The number of benzene rings is 1. The van der Waals surface area contributed by atoms with Gasteiger partial charge in [0.25, 0.3) is 0 Å². The molecule has 2 aromatic rings. The third-order valence-electron chi connectivity index (χ3n) is 2.35. The van der Waals surface area contributed by atoms with Crippen LogP contribution in [-0.2, 0) is 14.3 Å². The van der Waals surface area contributed by atoms with Gasteiger partial charge in [-0.3, -0.25) is 4.79 Å². The van der Waals surface area contributed by atoms with Gasteiger partial charge in [0.15, 0.2) is 0 Å². The van der Waals surface area contributed by atoms with Gasteiger partial charge < -0.3 is 15.0 Å². The Labute approximate surface area is 109 Å². The topological polar surface area (TPSA) is 84.1 Å². The highest BCUT2D eigenvalue weighted by molar-refractivity contribution is 6.37. The average molecular weight is 259 g/mol. The normalized spacial score (nSPS) is 9.95. The number of carbonyl (C=O) groups excluding carboxylic acids is 2. The summed E-state index contributed by atoms with van der Waals surface area (Å²) in [7, 11) is 0. The van der Waals surface area contributed by atoms with E-state index in [1.165, 1.54) is 0 Å². The summed E-state index contributed by atoms with van der Waals surface area (Å²) in [5, 5.41) is 2.47. The van der Waals surface area contributed by atoms with Crippen LogP contribution in [0.2, 0.25) is 0 Å². The van der Waals surface area contributed by atoms with Gasteiger partial charge in [-0.25, -0.2) is 9.78 Å². The van der Waals surface area contributed by atoms with E-state index >= 15 is 0 Å². The minimum Gasteiger partial charge on any atom is -0.459 e. The van der Waals surface area contributed by atoms with Gasteiger partial charge >= 0.3 is 11.9 Å². The number of esters is 1. The smallest absolute Gasteiger partial charge is 0.397 e. The maximum absolute atomic E-state index is 11.5. The molecule has 0 atom stereocenters. The number of hydrogen-bond acceptors (Lipinski definition) is 4. The van der Waals surface area contributed by atoms with E-state index in [-0.39, 0.29) is 6.61 Å². The Hall–Kier alpha value is -2.63. The van der Waals surface area contributed by atoms with Crippen molar-refractivity contribution in [2.24, 2.45) is 0 Å². The van der Waals surface area contributed by atoms with Crippen LogP contribution in [0.5, 0.6) is 0 Å². The molecular formula is C13H13N3O3. The quantitative estimate of drug-likeness (QED) is 0.647. The number of hydrogen-bond donors (Lipinski definition) is 2. The van der Waals surface area contributed by atoms with Crippen molar-refractivity contribution in [3.8, 4) is 11.4 Å². The summed E-state index contributed by atoms with van der Waals surface area (Å²) in [4.78, 5) is 29.8. The van der Waals surface area contributed by atoms with E-state index in [1.807, 2.05) is 6.07 Å². The van der Waals surface area contributed by atoms with E-state index in [0.29, 0.717) is 11.5 Å². The Kier molecular flexibility index (Phi) is 3.92. The van der Waals surface area contributed by atoms with E-state index in [4.69, 9.17) is 0 Å². The number of carbonyl (C=O) groups is 2. The molecule has 1 amide bonds. The van der Waals surface area contributed by atoms with Crippen LogP contribution in [0, 0.1) is 0 Å². The van der Waals surface area contributed by atoms with E-state index < -0.39 is 11.9 Å². The lowest BCUT2D eigenvalue weighted by Crippen LogP contribution is -2.24. The minimum atomic E-state index is -0.897. The highest BCUT2D eigenvalue weighted by Gasteiger charge is 2.14. The van der Waals surface area contributed by atoms with Gasteiger partial charge in [0, 0.05) is 23.6 Å². The first-order chi connectivity index (χ1) is 9.20. The fourth-order valence-corrected chi connectivity index (χ4v) is 1.55. The SMILES string of the molecule is CCOC(=O)C(=O)Nc1cccc(-c2ncc[nH]2)c1. The third-order valence-corrected chi connectivity index (χ3v) is 2.35. The van der Waals surface area contributed by atoms with Crippen LogP contribution < -0.4 is 5.32 Å². The van der Waals surface area contributed by atoms with E-state index in [1.54, 1.807) is 37.5 Å². The number of rotatable bonds is 3. The van der Waals surface area contributed by atoms with Crippen molar-refractivity contribution in [2.45, 2.75) is 6.92 Å². The molecule has 6 heteroatoms. The van der Waals surface area contributed by atoms with Gasteiger partial charge in [-0.15, -0.1) is 0 Å². The van der Waals surface area contributed by atoms with E-state index in [2.05, 4.69) is 20.0 Å². The highest BCUT2D eigenvalue weighted by atomic mass is 16.5. The van der Waals surface area contributed by atoms with Gasteiger partial charge in [0.1, 0.15) is 5.82 Å². The molecule has 19 heavy (non-hydrogen) atoms. The first-order valence-corrected chi connectivity index (χ1v) is 5.78. The van der Waals surface area contributed by atoms with Crippen LogP contribution in [0.25, 0.3) is 11.4 Å². The molecule has 0 aliphatic rings. The van der Waals surface area contributed by atoms with Gasteiger partial charge in [-0.05, 0) is 19.1 Å².